The number of carboxylic acid groups (broad SMARTS) is 1. The molecule has 2 rings (SSSR count). The Morgan fingerprint density at radius 2 is 1.96 bits per heavy atom. The Hall–Kier alpha value is -1.63. The maximum absolute atomic E-state index is 12.1. The maximum atomic E-state index is 12.1. The molecule has 23 heavy (non-hydrogen) atoms. The Morgan fingerprint density at radius 1 is 1.22 bits per heavy atom. The van der Waals surface area contributed by atoms with E-state index in [4.69, 9.17) is 9.84 Å². The van der Waals surface area contributed by atoms with E-state index in [9.17, 15) is 14.4 Å². The Bertz CT molecular complexity index is 434. The van der Waals surface area contributed by atoms with Gasteiger partial charge in [-0.05, 0) is 12.3 Å². The fraction of sp³-hybridized carbons (Fsp3) is 0.812. The molecule has 0 aromatic heterocycles. The zero-order valence-corrected chi connectivity index (χ0v) is 13.5. The topological polar surface area (TPSA) is 95.9 Å². The maximum Gasteiger partial charge on any atom is 0.306 e. The Morgan fingerprint density at radius 3 is 2.65 bits per heavy atom. The van der Waals surface area contributed by atoms with E-state index in [2.05, 4.69) is 5.32 Å². The number of nitrogens with zero attached hydrogens (tertiary/aromatic N) is 1. The van der Waals surface area contributed by atoms with Gasteiger partial charge in [-0.25, -0.2) is 0 Å². The van der Waals surface area contributed by atoms with Gasteiger partial charge in [-0.3, -0.25) is 14.4 Å². The van der Waals surface area contributed by atoms with Crippen molar-refractivity contribution in [3.05, 3.63) is 0 Å². The second-order valence-electron chi connectivity index (χ2n) is 6.40. The lowest BCUT2D eigenvalue weighted by molar-refractivity contribution is -0.147. The molecule has 0 bridgehead atoms. The largest absolute Gasteiger partial charge is 0.481 e. The van der Waals surface area contributed by atoms with E-state index in [1.54, 1.807) is 4.90 Å². The van der Waals surface area contributed by atoms with Gasteiger partial charge in [0.1, 0.15) is 0 Å². The summed E-state index contributed by atoms with van der Waals surface area (Å²) in [6.45, 7) is 1.01. The molecule has 0 aromatic rings. The van der Waals surface area contributed by atoms with Crippen molar-refractivity contribution in [1.29, 1.82) is 0 Å². The number of amides is 2. The predicted octanol–water partition coefficient (Wildman–Crippen LogP) is 0.775. The lowest BCUT2D eigenvalue weighted by Gasteiger charge is -2.32. The summed E-state index contributed by atoms with van der Waals surface area (Å²) in [5.41, 5.74) is 0. The van der Waals surface area contributed by atoms with Crippen molar-refractivity contribution in [1.82, 2.24) is 10.2 Å². The Balaban J connectivity index is 1.64. The molecule has 0 spiro atoms. The van der Waals surface area contributed by atoms with E-state index in [1.807, 2.05) is 0 Å². The van der Waals surface area contributed by atoms with Crippen LogP contribution in [0.3, 0.4) is 0 Å². The molecule has 1 heterocycles. The molecule has 7 heteroatoms. The van der Waals surface area contributed by atoms with E-state index >= 15 is 0 Å². The number of ether oxygens (including phenoxy) is 1. The number of aliphatic carboxylic acids is 1. The van der Waals surface area contributed by atoms with Gasteiger partial charge in [-0.15, -0.1) is 0 Å². The van der Waals surface area contributed by atoms with Crippen molar-refractivity contribution in [3.8, 4) is 0 Å². The van der Waals surface area contributed by atoms with Crippen molar-refractivity contribution in [3.63, 3.8) is 0 Å². The van der Waals surface area contributed by atoms with Crippen LogP contribution in [0.15, 0.2) is 0 Å². The monoisotopic (exact) mass is 326 g/mol. The van der Waals surface area contributed by atoms with Gasteiger partial charge in [0.25, 0.3) is 0 Å². The van der Waals surface area contributed by atoms with Crippen LogP contribution < -0.4 is 5.32 Å². The number of carbonyl (C=O) groups excluding carboxylic acids is 2. The summed E-state index contributed by atoms with van der Waals surface area (Å²) in [4.78, 5) is 36.2. The second-order valence-corrected chi connectivity index (χ2v) is 6.40. The highest BCUT2D eigenvalue weighted by molar-refractivity contribution is 5.84. The van der Waals surface area contributed by atoms with Crippen LogP contribution in [0.2, 0.25) is 0 Å². The first kappa shape index (κ1) is 17.7. The van der Waals surface area contributed by atoms with Crippen molar-refractivity contribution in [2.75, 3.05) is 26.2 Å². The molecule has 2 N–H and O–H groups in total. The highest BCUT2D eigenvalue weighted by Crippen LogP contribution is 2.28. The molecular formula is C16H26N2O5. The molecule has 0 aromatic carbocycles. The van der Waals surface area contributed by atoms with E-state index in [0.717, 1.165) is 6.42 Å². The van der Waals surface area contributed by atoms with Gasteiger partial charge in [-0.1, -0.05) is 25.7 Å². The third-order valence-corrected chi connectivity index (χ3v) is 4.58. The summed E-state index contributed by atoms with van der Waals surface area (Å²) < 4.78 is 5.33. The molecule has 0 radical (unpaired) electrons. The number of nitrogens with one attached hydrogen (secondary N) is 1. The van der Waals surface area contributed by atoms with Crippen LogP contribution in [0.25, 0.3) is 0 Å². The van der Waals surface area contributed by atoms with E-state index in [0.29, 0.717) is 25.5 Å². The molecule has 1 saturated carbocycles. The van der Waals surface area contributed by atoms with Gasteiger partial charge >= 0.3 is 5.97 Å². The number of hydrogen-bond acceptors (Lipinski definition) is 4. The molecule has 2 fully saturated rings. The van der Waals surface area contributed by atoms with Gasteiger partial charge in [0, 0.05) is 19.5 Å². The first-order valence-corrected chi connectivity index (χ1v) is 8.42. The van der Waals surface area contributed by atoms with Gasteiger partial charge in [0.15, 0.2) is 0 Å². The molecule has 2 amide bonds. The summed E-state index contributed by atoms with van der Waals surface area (Å²) >= 11 is 0. The smallest absolute Gasteiger partial charge is 0.306 e. The predicted molar refractivity (Wildman–Crippen MR) is 82.8 cm³/mol. The van der Waals surface area contributed by atoms with Crippen LogP contribution in [-0.2, 0) is 19.1 Å². The molecule has 7 nitrogen and oxygen atoms in total. The first-order chi connectivity index (χ1) is 11.0. The lowest BCUT2D eigenvalue weighted by atomic mass is 10.0. The summed E-state index contributed by atoms with van der Waals surface area (Å²) in [6.07, 6.45) is 5.75. The minimum atomic E-state index is -0.940. The van der Waals surface area contributed by atoms with E-state index in [-0.39, 0.29) is 31.3 Å². The number of morpholine rings is 1. The highest BCUT2D eigenvalue weighted by atomic mass is 16.5. The van der Waals surface area contributed by atoms with Crippen molar-refractivity contribution in [2.24, 2.45) is 5.92 Å². The quantitative estimate of drug-likeness (QED) is 0.720. The molecule has 2 aliphatic rings. The van der Waals surface area contributed by atoms with Crippen molar-refractivity contribution in [2.45, 2.75) is 51.0 Å². The van der Waals surface area contributed by atoms with Crippen LogP contribution in [0.5, 0.6) is 0 Å². The molecule has 1 aliphatic heterocycles. The molecule has 1 aliphatic carbocycles. The molecule has 1 saturated heterocycles. The SMILES string of the molecule is O=C(O)CC1CN(C(=O)CNC(=O)CCC2CCCC2)CCO1. The fourth-order valence-corrected chi connectivity index (χ4v) is 3.27. The standard InChI is InChI=1S/C16H26N2O5/c19-14(6-5-12-3-1-2-4-12)17-10-15(20)18-7-8-23-13(11-18)9-16(21)22/h12-13H,1-11H2,(H,17,19)(H,21,22). The lowest BCUT2D eigenvalue weighted by Crippen LogP contribution is -2.49. The summed E-state index contributed by atoms with van der Waals surface area (Å²) in [5, 5.41) is 11.4. The van der Waals surface area contributed by atoms with Crippen LogP contribution >= 0.6 is 0 Å². The second kappa shape index (κ2) is 8.86. The Labute approximate surface area is 136 Å². The van der Waals surface area contributed by atoms with Crippen LogP contribution in [0, 0.1) is 5.92 Å². The van der Waals surface area contributed by atoms with Gasteiger partial charge in [0.05, 0.1) is 25.7 Å². The number of rotatable bonds is 7. The molecule has 130 valence electrons. The first-order valence-electron chi connectivity index (χ1n) is 8.42. The normalized spacial score (nSPS) is 22.1. The third kappa shape index (κ3) is 6.17. The minimum Gasteiger partial charge on any atom is -0.481 e. The van der Waals surface area contributed by atoms with Gasteiger partial charge < -0.3 is 20.1 Å². The van der Waals surface area contributed by atoms with Gasteiger partial charge in [0.2, 0.25) is 11.8 Å². The van der Waals surface area contributed by atoms with Crippen LogP contribution in [0.4, 0.5) is 0 Å². The highest BCUT2D eigenvalue weighted by Gasteiger charge is 2.26. The zero-order valence-electron chi connectivity index (χ0n) is 13.5. The van der Waals surface area contributed by atoms with Crippen LogP contribution in [0.1, 0.15) is 44.9 Å². The van der Waals surface area contributed by atoms with E-state index in [1.165, 1.54) is 25.7 Å². The summed E-state index contributed by atoms with van der Waals surface area (Å²) in [6, 6.07) is 0. The fourth-order valence-electron chi connectivity index (χ4n) is 3.27. The zero-order chi connectivity index (χ0) is 16.7. The molecule has 1 unspecified atom stereocenters. The summed E-state index contributed by atoms with van der Waals surface area (Å²) in [5.74, 6) is -0.546. The molecule has 1 atom stereocenters. The average molecular weight is 326 g/mol. The van der Waals surface area contributed by atoms with Crippen molar-refractivity contribution >= 4 is 17.8 Å². The van der Waals surface area contributed by atoms with Crippen LogP contribution in [-0.4, -0.2) is 60.1 Å². The van der Waals surface area contributed by atoms with Gasteiger partial charge in [-0.2, -0.15) is 0 Å². The molecular weight excluding hydrogens is 300 g/mol. The Kier molecular flexibility index (Phi) is 6.83. The average Bonchev–Trinajstić information content (AvgIpc) is 3.03. The number of carboxylic acids is 1. The summed E-state index contributed by atoms with van der Waals surface area (Å²) in [7, 11) is 0. The third-order valence-electron chi connectivity index (χ3n) is 4.58. The number of hydrogen-bond donors (Lipinski definition) is 2. The van der Waals surface area contributed by atoms with Crippen molar-refractivity contribution < 1.29 is 24.2 Å². The number of carbonyl (C=O) groups is 3. The minimum absolute atomic E-state index is 0.0245. The van der Waals surface area contributed by atoms with E-state index < -0.39 is 12.1 Å².